The Kier molecular flexibility index (Phi) is 4.24. The molecule has 2 aromatic heterocycles. The van der Waals surface area contributed by atoms with Crippen molar-refractivity contribution in [2.75, 3.05) is 5.75 Å². The summed E-state index contributed by atoms with van der Waals surface area (Å²) in [5, 5.41) is 4.63. The van der Waals surface area contributed by atoms with Crippen LogP contribution >= 0.6 is 11.8 Å². The summed E-state index contributed by atoms with van der Waals surface area (Å²) in [5.41, 5.74) is 4.42. The zero-order chi connectivity index (χ0) is 15.4. The minimum absolute atomic E-state index is 0.195. The highest BCUT2D eigenvalue weighted by molar-refractivity contribution is 7.99. The number of aryl methyl sites for hydroxylation is 1. The van der Waals surface area contributed by atoms with Crippen LogP contribution in [0.4, 0.5) is 0 Å². The number of furan rings is 1. The van der Waals surface area contributed by atoms with E-state index >= 15 is 0 Å². The van der Waals surface area contributed by atoms with Gasteiger partial charge in [0.05, 0.1) is 29.3 Å². The third-order valence-corrected chi connectivity index (χ3v) is 4.03. The molecule has 3 rings (SSSR count). The van der Waals surface area contributed by atoms with Gasteiger partial charge in [-0.25, -0.2) is 10.4 Å². The number of para-hydroxylation sites is 2. The number of fused-ring (bicyclic) bond motifs is 1. The number of rotatable bonds is 5. The van der Waals surface area contributed by atoms with Gasteiger partial charge in [0.1, 0.15) is 5.76 Å². The number of benzene rings is 1. The van der Waals surface area contributed by atoms with Crippen molar-refractivity contribution in [1.82, 2.24) is 15.0 Å². The first-order chi connectivity index (χ1) is 10.7. The fourth-order valence-corrected chi connectivity index (χ4v) is 2.73. The van der Waals surface area contributed by atoms with Crippen LogP contribution in [-0.2, 0) is 11.8 Å². The van der Waals surface area contributed by atoms with Crippen LogP contribution in [-0.4, -0.2) is 27.4 Å². The maximum absolute atomic E-state index is 11.8. The van der Waals surface area contributed by atoms with Gasteiger partial charge in [0.25, 0.3) is 5.91 Å². The number of imidazole rings is 1. The topological polar surface area (TPSA) is 72.4 Å². The average molecular weight is 314 g/mol. The Balaban J connectivity index is 1.57. The third kappa shape index (κ3) is 3.20. The van der Waals surface area contributed by atoms with E-state index in [-0.39, 0.29) is 11.7 Å². The SMILES string of the molecule is Cn1c(SCC(=O)NN=Cc2ccco2)nc2ccccc21. The number of carbonyl (C=O) groups excluding carboxylic acids is 1. The lowest BCUT2D eigenvalue weighted by Crippen LogP contribution is -2.19. The first-order valence-corrected chi connectivity index (χ1v) is 7.62. The van der Waals surface area contributed by atoms with Crippen molar-refractivity contribution in [2.45, 2.75) is 5.16 Å². The molecule has 0 unspecified atom stereocenters. The molecule has 0 aliphatic rings. The molecule has 1 amide bonds. The number of hydrogen-bond donors (Lipinski definition) is 1. The van der Waals surface area contributed by atoms with Gasteiger partial charge in [0.2, 0.25) is 0 Å². The van der Waals surface area contributed by atoms with E-state index in [2.05, 4.69) is 15.5 Å². The zero-order valence-corrected chi connectivity index (χ0v) is 12.7. The van der Waals surface area contributed by atoms with E-state index in [1.807, 2.05) is 35.9 Å². The molecule has 0 fully saturated rings. The van der Waals surface area contributed by atoms with Gasteiger partial charge in [-0.3, -0.25) is 4.79 Å². The van der Waals surface area contributed by atoms with Crippen molar-refractivity contribution in [3.8, 4) is 0 Å². The summed E-state index contributed by atoms with van der Waals surface area (Å²) < 4.78 is 7.05. The van der Waals surface area contributed by atoms with Crippen molar-refractivity contribution < 1.29 is 9.21 Å². The lowest BCUT2D eigenvalue weighted by atomic mass is 10.3. The second kappa shape index (κ2) is 6.48. The maximum Gasteiger partial charge on any atom is 0.250 e. The summed E-state index contributed by atoms with van der Waals surface area (Å²) in [6.07, 6.45) is 3.00. The number of amides is 1. The molecule has 2 heterocycles. The molecule has 0 aliphatic carbocycles. The van der Waals surface area contributed by atoms with E-state index in [9.17, 15) is 4.79 Å². The van der Waals surface area contributed by atoms with Crippen LogP contribution in [0.25, 0.3) is 11.0 Å². The maximum atomic E-state index is 11.8. The highest BCUT2D eigenvalue weighted by Gasteiger charge is 2.09. The Morgan fingerprint density at radius 2 is 2.27 bits per heavy atom. The highest BCUT2D eigenvalue weighted by atomic mass is 32.2. The van der Waals surface area contributed by atoms with Crippen molar-refractivity contribution in [2.24, 2.45) is 12.1 Å². The van der Waals surface area contributed by atoms with Crippen LogP contribution in [0.3, 0.4) is 0 Å². The van der Waals surface area contributed by atoms with Crippen LogP contribution in [0, 0.1) is 0 Å². The minimum atomic E-state index is -0.195. The Hall–Kier alpha value is -2.54. The van der Waals surface area contributed by atoms with Gasteiger partial charge in [0, 0.05) is 7.05 Å². The first kappa shape index (κ1) is 14.4. The van der Waals surface area contributed by atoms with Crippen molar-refractivity contribution >= 4 is 34.9 Å². The summed E-state index contributed by atoms with van der Waals surface area (Å²) in [5.74, 6) is 0.635. The summed E-state index contributed by atoms with van der Waals surface area (Å²) in [6, 6.07) is 11.4. The van der Waals surface area contributed by atoms with E-state index in [4.69, 9.17) is 4.42 Å². The fraction of sp³-hybridized carbons (Fsp3) is 0.133. The molecule has 0 saturated heterocycles. The lowest BCUT2D eigenvalue weighted by molar-refractivity contribution is -0.118. The number of aromatic nitrogens is 2. The van der Waals surface area contributed by atoms with Gasteiger partial charge < -0.3 is 8.98 Å². The number of thioether (sulfide) groups is 1. The predicted molar refractivity (Wildman–Crippen MR) is 85.9 cm³/mol. The second-order valence-corrected chi connectivity index (χ2v) is 5.48. The van der Waals surface area contributed by atoms with Gasteiger partial charge in [-0.1, -0.05) is 23.9 Å². The smallest absolute Gasteiger partial charge is 0.250 e. The summed E-state index contributed by atoms with van der Waals surface area (Å²) in [6.45, 7) is 0. The molecular weight excluding hydrogens is 300 g/mol. The zero-order valence-electron chi connectivity index (χ0n) is 11.9. The summed E-state index contributed by atoms with van der Waals surface area (Å²) in [7, 11) is 1.94. The molecule has 112 valence electrons. The molecule has 7 heteroatoms. The molecule has 0 aliphatic heterocycles. The summed E-state index contributed by atoms with van der Waals surface area (Å²) >= 11 is 1.37. The number of nitrogens with zero attached hydrogens (tertiary/aromatic N) is 3. The van der Waals surface area contributed by atoms with Crippen molar-refractivity contribution in [1.29, 1.82) is 0 Å². The number of carbonyl (C=O) groups is 1. The quantitative estimate of drug-likeness (QED) is 0.446. The molecular formula is C15H14N4O2S. The van der Waals surface area contributed by atoms with Crippen LogP contribution < -0.4 is 5.43 Å². The molecule has 0 saturated carbocycles. The summed E-state index contributed by atoms with van der Waals surface area (Å²) in [4.78, 5) is 16.3. The predicted octanol–water partition coefficient (Wildman–Crippen LogP) is 2.41. The second-order valence-electron chi connectivity index (χ2n) is 4.54. The van der Waals surface area contributed by atoms with Gasteiger partial charge in [-0.05, 0) is 24.3 Å². The van der Waals surface area contributed by atoms with E-state index in [1.54, 1.807) is 18.4 Å². The average Bonchev–Trinajstić information content (AvgIpc) is 3.14. The van der Waals surface area contributed by atoms with E-state index in [1.165, 1.54) is 18.0 Å². The fourth-order valence-electron chi connectivity index (χ4n) is 1.95. The highest BCUT2D eigenvalue weighted by Crippen LogP contribution is 2.22. The molecule has 3 aromatic rings. The standard InChI is InChI=1S/C15H14N4O2S/c1-19-13-7-3-2-6-12(13)17-15(19)22-10-14(20)18-16-9-11-5-4-8-21-11/h2-9H,10H2,1H3,(H,18,20). The Bertz CT molecular complexity index is 808. The van der Waals surface area contributed by atoms with Gasteiger partial charge in [-0.15, -0.1) is 0 Å². The van der Waals surface area contributed by atoms with Gasteiger partial charge >= 0.3 is 0 Å². The Morgan fingerprint density at radius 1 is 1.41 bits per heavy atom. The van der Waals surface area contributed by atoms with E-state index in [0.29, 0.717) is 5.76 Å². The Labute approximate surface area is 131 Å². The van der Waals surface area contributed by atoms with Crippen LogP contribution in [0.5, 0.6) is 0 Å². The normalized spacial score (nSPS) is 11.3. The lowest BCUT2D eigenvalue weighted by Gasteiger charge is -2.01. The number of nitrogens with one attached hydrogen (secondary N) is 1. The van der Waals surface area contributed by atoms with Crippen LogP contribution in [0.15, 0.2) is 57.3 Å². The van der Waals surface area contributed by atoms with Crippen LogP contribution in [0.2, 0.25) is 0 Å². The minimum Gasteiger partial charge on any atom is -0.463 e. The molecule has 0 atom stereocenters. The molecule has 0 bridgehead atoms. The van der Waals surface area contributed by atoms with Gasteiger partial charge in [-0.2, -0.15) is 5.10 Å². The molecule has 22 heavy (non-hydrogen) atoms. The molecule has 1 aromatic carbocycles. The van der Waals surface area contributed by atoms with Crippen LogP contribution in [0.1, 0.15) is 5.76 Å². The Morgan fingerprint density at radius 3 is 3.05 bits per heavy atom. The van der Waals surface area contributed by atoms with E-state index in [0.717, 1.165) is 16.2 Å². The first-order valence-electron chi connectivity index (χ1n) is 6.64. The molecule has 0 spiro atoms. The third-order valence-electron chi connectivity index (χ3n) is 3.00. The van der Waals surface area contributed by atoms with Crippen molar-refractivity contribution in [3.63, 3.8) is 0 Å². The van der Waals surface area contributed by atoms with Crippen molar-refractivity contribution in [3.05, 3.63) is 48.4 Å². The van der Waals surface area contributed by atoms with Gasteiger partial charge in [0.15, 0.2) is 5.16 Å². The molecule has 1 N–H and O–H groups in total. The number of hydrazone groups is 1. The van der Waals surface area contributed by atoms with E-state index < -0.39 is 0 Å². The largest absolute Gasteiger partial charge is 0.463 e. The number of hydrogen-bond acceptors (Lipinski definition) is 5. The molecule has 6 nitrogen and oxygen atoms in total. The monoisotopic (exact) mass is 314 g/mol. The molecule has 0 radical (unpaired) electrons.